The third-order valence-electron chi connectivity index (χ3n) is 6.72. The molecule has 0 aliphatic carbocycles. The summed E-state index contributed by atoms with van der Waals surface area (Å²) >= 11 is 9.98. The van der Waals surface area contributed by atoms with Crippen LogP contribution in [0.3, 0.4) is 0 Å². The Kier molecular flexibility index (Phi) is 8.83. The lowest BCUT2D eigenvalue weighted by Crippen LogP contribution is -2.76. The van der Waals surface area contributed by atoms with E-state index in [9.17, 15) is 18.4 Å². The standard InChI is InChI=1S/C21H31Cl2N5O5S/c1-14(29)19(24-25(4)34(31)32)21(3)15(2)27(16-7-8-17(22)18(23)13-16)11-12-28(21)20(30)33-26-9-5-6-10-26/h7-8,13,15,19,24H,5-6,9-12H2,1-4H3,(H,31,32)/t15?,19?,21-/m0/s1. The first kappa shape index (κ1) is 27.1. The average Bonchev–Trinajstić information content (AvgIpc) is 3.28. The second-order valence-electron chi connectivity index (χ2n) is 8.74. The van der Waals surface area contributed by atoms with E-state index in [1.165, 1.54) is 18.9 Å². The molecule has 1 amide bonds. The Hall–Kier alpha value is -1.47. The minimum Gasteiger partial charge on any atom is -0.365 e. The number of benzene rings is 1. The first-order valence-corrected chi connectivity index (χ1v) is 12.9. The molecule has 2 N–H and O–H groups in total. The number of carbonyl (C=O) groups is 2. The van der Waals surface area contributed by atoms with Gasteiger partial charge in [-0.2, -0.15) is 0 Å². The molecule has 2 aliphatic heterocycles. The van der Waals surface area contributed by atoms with E-state index in [1.54, 1.807) is 24.1 Å². The van der Waals surface area contributed by atoms with Crippen LogP contribution in [-0.4, -0.2) is 85.9 Å². The van der Waals surface area contributed by atoms with E-state index in [0.29, 0.717) is 29.7 Å². The lowest BCUT2D eigenvalue weighted by molar-refractivity contribution is -0.130. The molecule has 2 aliphatic rings. The summed E-state index contributed by atoms with van der Waals surface area (Å²) in [5.74, 6) is -0.304. The molecule has 10 nitrogen and oxygen atoms in total. The van der Waals surface area contributed by atoms with Crippen molar-refractivity contribution in [1.29, 1.82) is 0 Å². The van der Waals surface area contributed by atoms with Gasteiger partial charge in [-0.15, -0.1) is 9.48 Å². The number of Topliss-reactive ketones (excluding diaryl/α,β-unsaturated/α-hetero) is 1. The average molecular weight is 536 g/mol. The van der Waals surface area contributed by atoms with Crippen LogP contribution >= 0.6 is 23.2 Å². The molecule has 0 saturated carbocycles. The minimum atomic E-state index is -2.38. The number of anilines is 1. The van der Waals surface area contributed by atoms with Crippen LogP contribution in [0.15, 0.2) is 18.2 Å². The Labute approximate surface area is 212 Å². The zero-order valence-electron chi connectivity index (χ0n) is 19.7. The summed E-state index contributed by atoms with van der Waals surface area (Å²) in [6.07, 6.45) is 1.32. The number of hydroxylamine groups is 2. The number of halogens is 2. The predicted octanol–water partition coefficient (Wildman–Crippen LogP) is 2.94. The highest BCUT2D eigenvalue weighted by Crippen LogP contribution is 2.37. The van der Waals surface area contributed by atoms with Gasteiger partial charge in [0.05, 0.1) is 21.6 Å². The fraction of sp³-hybridized carbons (Fsp3) is 0.619. The normalized spacial score (nSPS) is 25.5. The third-order valence-corrected chi connectivity index (χ3v) is 8.04. The van der Waals surface area contributed by atoms with Crippen LogP contribution in [0.4, 0.5) is 10.5 Å². The van der Waals surface area contributed by atoms with Crippen LogP contribution in [0.5, 0.6) is 0 Å². The van der Waals surface area contributed by atoms with E-state index >= 15 is 0 Å². The van der Waals surface area contributed by atoms with E-state index in [1.807, 2.05) is 17.9 Å². The first-order chi connectivity index (χ1) is 16.0. The molecule has 13 heteroatoms. The van der Waals surface area contributed by atoms with Crippen LogP contribution in [0.2, 0.25) is 10.0 Å². The summed E-state index contributed by atoms with van der Waals surface area (Å²) in [5, 5.41) is 2.44. The van der Waals surface area contributed by atoms with Crippen molar-refractivity contribution >= 4 is 52.0 Å². The molecule has 2 heterocycles. The molecule has 0 spiro atoms. The van der Waals surface area contributed by atoms with Crippen LogP contribution < -0.4 is 10.3 Å². The van der Waals surface area contributed by atoms with Gasteiger partial charge in [0.25, 0.3) is 0 Å². The molecule has 3 rings (SSSR count). The number of piperazine rings is 1. The van der Waals surface area contributed by atoms with Crippen LogP contribution in [0.25, 0.3) is 0 Å². The molecule has 2 saturated heterocycles. The topological polar surface area (TPSA) is 106 Å². The van der Waals surface area contributed by atoms with Gasteiger partial charge in [-0.3, -0.25) is 14.2 Å². The van der Waals surface area contributed by atoms with Crippen molar-refractivity contribution in [2.24, 2.45) is 0 Å². The Bertz CT molecular complexity index is 950. The maximum atomic E-state index is 13.3. The molecule has 0 aromatic heterocycles. The van der Waals surface area contributed by atoms with Crippen molar-refractivity contribution in [2.75, 3.05) is 38.1 Å². The summed E-state index contributed by atoms with van der Waals surface area (Å²) in [4.78, 5) is 35.5. The monoisotopic (exact) mass is 535 g/mol. The van der Waals surface area contributed by atoms with E-state index in [4.69, 9.17) is 28.0 Å². The number of nitrogens with zero attached hydrogens (tertiary/aromatic N) is 4. The van der Waals surface area contributed by atoms with Crippen LogP contribution in [-0.2, 0) is 20.9 Å². The highest BCUT2D eigenvalue weighted by atomic mass is 35.5. The zero-order valence-corrected chi connectivity index (χ0v) is 22.0. The number of hydrogen-bond acceptors (Lipinski definition) is 7. The lowest BCUT2D eigenvalue weighted by Gasteiger charge is -2.56. The molecular weight excluding hydrogens is 505 g/mol. The Morgan fingerprint density at radius 2 is 1.88 bits per heavy atom. The van der Waals surface area contributed by atoms with Crippen LogP contribution in [0.1, 0.15) is 33.6 Å². The van der Waals surface area contributed by atoms with Gasteiger partial charge in [-0.25, -0.2) is 14.4 Å². The van der Waals surface area contributed by atoms with Gasteiger partial charge in [0.2, 0.25) is 11.3 Å². The van der Waals surface area contributed by atoms with Crippen molar-refractivity contribution in [3.8, 4) is 0 Å². The SMILES string of the molecule is CC(=O)C(NN(C)S(=O)O)[C@]1(C)C(C)N(c2ccc(Cl)c(Cl)c2)CCN1C(=O)ON1CCCC1. The number of carbonyl (C=O) groups excluding carboxylic acids is 2. The first-order valence-electron chi connectivity index (χ1n) is 11.0. The highest BCUT2D eigenvalue weighted by Gasteiger charge is 2.54. The molecule has 2 fully saturated rings. The molecule has 1 aromatic carbocycles. The van der Waals surface area contributed by atoms with Crippen LogP contribution in [0, 0.1) is 0 Å². The largest absolute Gasteiger partial charge is 0.429 e. The molecular formula is C21H31Cl2N5O5S. The van der Waals surface area contributed by atoms with E-state index in [-0.39, 0.29) is 12.3 Å². The van der Waals surface area contributed by atoms with Crippen molar-refractivity contribution in [3.63, 3.8) is 0 Å². The zero-order chi connectivity index (χ0) is 25.2. The third kappa shape index (κ3) is 5.51. The highest BCUT2D eigenvalue weighted by molar-refractivity contribution is 7.76. The molecule has 1 aromatic rings. The van der Waals surface area contributed by atoms with E-state index in [0.717, 1.165) is 22.9 Å². The maximum absolute atomic E-state index is 13.3. The van der Waals surface area contributed by atoms with Gasteiger partial charge >= 0.3 is 6.09 Å². The summed E-state index contributed by atoms with van der Waals surface area (Å²) in [6.45, 7) is 7.07. The van der Waals surface area contributed by atoms with Gasteiger partial charge in [-0.1, -0.05) is 23.2 Å². The quantitative estimate of drug-likeness (QED) is 0.405. The number of ketones is 1. The fourth-order valence-electron chi connectivity index (χ4n) is 4.68. The Balaban J connectivity index is 2.01. The smallest absolute Gasteiger partial charge is 0.365 e. The van der Waals surface area contributed by atoms with Crippen molar-refractivity contribution in [1.82, 2.24) is 19.8 Å². The van der Waals surface area contributed by atoms with Gasteiger partial charge in [0.1, 0.15) is 6.04 Å². The van der Waals surface area contributed by atoms with Gasteiger partial charge in [0, 0.05) is 38.9 Å². The molecule has 4 atom stereocenters. The summed E-state index contributed by atoms with van der Waals surface area (Å²) in [5.41, 5.74) is 2.44. The van der Waals surface area contributed by atoms with Crippen molar-refractivity contribution in [3.05, 3.63) is 28.2 Å². The van der Waals surface area contributed by atoms with E-state index < -0.39 is 35.0 Å². The minimum absolute atomic E-state index is 0.255. The molecule has 0 bridgehead atoms. The number of amides is 1. The van der Waals surface area contributed by atoms with E-state index in [2.05, 4.69) is 5.43 Å². The molecule has 3 unspecified atom stereocenters. The molecule has 0 radical (unpaired) electrons. The maximum Gasteiger partial charge on any atom is 0.429 e. The Morgan fingerprint density at radius 1 is 1.24 bits per heavy atom. The lowest BCUT2D eigenvalue weighted by atomic mass is 9.79. The number of nitrogens with one attached hydrogen (secondary N) is 1. The Morgan fingerprint density at radius 3 is 2.44 bits per heavy atom. The van der Waals surface area contributed by atoms with Gasteiger partial charge < -0.3 is 9.74 Å². The molecule has 190 valence electrons. The summed E-state index contributed by atoms with van der Waals surface area (Å²) < 4.78 is 22.1. The summed E-state index contributed by atoms with van der Waals surface area (Å²) in [7, 11) is 1.35. The number of hydrogen-bond donors (Lipinski definition) is 2. The number of rotatable bonds is 7. The number of hydrazine groups is 1. The fourth-order valence-corrected chi connectivity index (χ4v) is 5.17. The second kappa shape index (κ2) is 11.1. The second-order valence-corrected chi connectivity index (χ2v) is 10.6. The van der Waals surface area contributed by atoms with Gasteiger partial charge in [0.15, 0.2) is 5.78 Å². The van der Waals surface area contributed by atoms with Gasteiger partial charge in [-0.05, 0) is 51.8 Å². The summed E-state index contributed by atoms with van der Waals surface area (Å²) in [6, 6.07) is 3.83. The predicted molar refractivity (Wildman–Crippen MR) is 132 cm³/mol. The van der Waals surface area contributed by atoms with Crippen molar-refractivity contribution in [2.45, 2.75) is 51.2 Å². The molecule has 34 heavy (non-hydrogen) atoms. The van der Waals surface area contributed by atoms with Crippen molar-refractivity contribution < 1.29 is 23.2 Å².